The van der Waals surface area contributed by atoms with E-state index in [-0.39, 0.29) is 0 Å². The first-order valence-electron chi connectivity index (χ1n) is 6.35. The molecule has 0 aliphatic carbocycles. The molecule has 0 saturated carbocycles. The Labute approximate surface area is 106 Å². The second-order valence-electron chi connectivity index (χ2n) is 4.35. The van der Waals surface area contributed by atoms with Crippen LogP contribution in [0.5, 0.6) is 0 Å². The van der Waals surface area contributed by atoms with Gasteiger partial charge < -0.3 is 0 Å². The molecule has 0 saturated heterocycles. The highest BCUT2D eigenvalue weighted by molar-refractivity contribution is 8.04. The van der Waals surface area contributed by atoms with Crippen LogP contribution >= 0.6 is 17.9 Å². The first kappa shape index (κ1) is 14.0. The van der Waals surface area contributed by atoms with Crippen LogP contribution in [-0.4, -0.2) is 12.3 Å². The third-order valence-electron chi connectivity index (χ3n) is 2.95. The summed E-state index contributed by atoms with van der Waals surface area (Å²) in [5, 5.41) is 1.40. The summed E-state index contributed by atoms with van der Waals surface area (Å²) in [4.78, 5) is 0. The monoisotopic (exact) mass is 257 g/mol. The van der Waals surface area contributed by atoms with Gasteiger partial charge in [-0.15, -0.1) is 0 Å². The van der Waals surface area contributed by atoms with Gasteiger partial charge in [-0.2, -0.15) is 0 Å². The molecule has 0 bridgehead atoms. The SMILES string of the molecule is CCCC[P+](Cl)(CCCC)c1ccccc1. The molecule has 2 heteroatoms. The van der Waals surface area contributed by atoms with Crippen molar-refractivity contribution in [3.63, 3.8) is 0 Å². The van der Waals surface area contributed by atoms with E-state index in [9.17, 15) is 0 Å². The van der Waals surface area contributed by atoms with Gasteiger partial charge in [-0.25, -0.2) is 0 Å². The second kappa shape index (κ2) is 7.30. The number of unbranched alkanes of at least 4 members (excludes halogenated alkanes) is 2. The van der Waals surface area contributed by atoms with Crippen molar-refractivity contribution in [1.29, 1.82) is 0 Å². The number of halogens is 1. The molecule has 1 rings (SSSR count). The normalized spacial score (nSPS) is 11.7. The summed E-state index contributed by atoms with van der Waals surface area (Å²) in [5.74, 6) is 0. The van der Waals surface area contributed by atoms with Crippen molar-refractivity contribution in [2.24, 2.45) is 0 Å². The third-order valence-corrected chi connectivity index (χ3v) is 7.82. The van der Waals surface area contributed by atoms with Gasteiger partial charge in [-0.1, -0.05) is 44.9 Å². The van der Waals surface area contributed by atoms with E-state index in [2.05, 4.69) is 44.2 Å². The maximum atomic E-state index is 6.93. The van der Waals surface area contributed by atoms with Crippen molar-refractivity contribution in [2.45, 2.75) is 39.5 Å². The van der Waals surface area contributed by atoms with E-state index in [0.717, 1.165) is 0 Å². The van der Waals surface area contributed by atoms with Crippen LogP contribution in [0.3, 0.4) is 0 Å². The highest BCUT2D eigenvalue weighted by Crippen LogP contribution is 2.63. The fraction of sp³-hybridized carbons (Fsp3) is 0.571. The maximum Gasteiger partial charge on any atom is 0.146 e. The Kier molecular flexibility index (Phi) is 6.39. The van der Waals surface area contributed by atoms with Crippen LogP contribution in [0, 0.1) is 0 Å². The van der Waals surface area contributed by atoms with Crippen LogP contribution < -0.4 is 5.30 Å². The predicted molar refractivity (Wildman–Crippen MR) is 78.4 cm³/mol. The quantitative estimate of drug-likeness (QED) is 0.598. The van der Waals surface area contributed by atoms with Crippen molar-refractivity contribution in [3.05, 3.63) is 30.3 Å². The van der Waals surface area contributed by atoms with E-state index >= 15 is 0 Å². The molecule has 0 unspecified atom stereocenters. The van der Waals surface area contributed by atoms with E-state index in [1.54, 1.807) is 0 Å². The fourth-order valence-corrected chi connectivity index (χ4v) is 6.02. The molecule has 0 fully saturated rings. The molecule has 0 aromatic heterocycles. The largest absolute Gasteiger partial charge is 0.146 e. The molecule has 0 aliphatic heterocycles. The number of hydrogen-bond donors (Lipinski definition) is 0. The molecule has 0 atom stereocenters. The van der Waals surface area contributed by atoms with Gasteiger partial charge in [0.15, 0.2) is 0 Å². The zero-order valence-electron chi connectivity index (χ0n) is 10.5. The van der Waals surface area contributed by atoms with Gasteiger partial charge in [0.1, 0.15) is 11.9 Å². The lowest BCUT2D eigenvalue weighted by molar-refractivity contribution is 0.868. The summed E-state index contributed by atoms with van der Waals surface area (Å²) < 4.78 is 0. The molecule has 1 aromatic carbocycles. The van der Waals surface area contributed by atoms with Crippen molar-refractivity contribution in [1.82, 2.24) is 0 Å². The summed E-state index contributed by atoms with van der Waals surface area (Å²) in [5.41, 5.74) is 0. The zero-order chi connectivity index (χ0) is 11.9. The molecular weight excluding hydrogens is 235 g/mol. The Morgan fingerprint density at radius 2 is 1.44 bits per heavy atom. The molecule has 90 valence electrons. The topological polar surface area (TPSA) is 0 Å². The predicted octanol–water partition coefficient (Wildman–Crippen LogP) is 5.08. The Morgan fingerprint density at radius 3 is 1.88 bits per heavy atom. The smallest absolute Gasteiger partial charge is 0.0652 e. The molecule has 0 aliphatic rings. The van der Waals surface area contributed by atoms with E-state index in [1.165, 1.54) is 43.3 Å². The summed E-state index contributed by atoms with van der Waals surface area (Å²) in [7, 11) is 0. The van der Waals surface area contributed by atoms with Gasteiger partial charge in [0.2, 0.25) is 0 Å². The van der Waals surface area contributed by atoms with Crippen LogP contribution in [0.15, 0.2) is 30.3 Å². The third kappa shape index (κ3) is 4.07. The first-order valence-corrected chi connectivity index (χ1v) is 9.41. The minimum atomic E-state index is -1.38. The highest BCUT2D eigenvalue weighted by atomic mass is 35.7. The molecule has 1 aromatic rings. The van der Waals surface area contributed by atoms with Gasteiger partial charge in [0.05, 0.1) is 23.6 Å². The summed E-state index contributed by atoms with van der Waals surface area (Å²) in [6.07, 6.45) is 7.41. The lowest BCUT2D eigenvalue weighted by Gasteiger charge is -2.18. The lowest BCUT2D eigenvalue weighted by Crippen LogP contribution is -2.12. The Bertz CT molecular complexity index is 276. The summed E-state index contributed by atoms with van der Waals surface area (Å²) in [6.45, 7) is 3.10. The van der Waals surface area contributed by atoms with Gasteiger partial charge in [-0.3, -0.25) is 0 Å². The van der Waals surface area contributed by atoms with Gasteiger partial charge in [0, 0.05) is 0 Å². The summed E-state index contributed by atoms with van der Waals surface area (Å²) >= 11 is 6.93. The van der Waals surface area contributed by atoms with Gasteiger partial charge >= 0.3 is 0 Å². The van der Waals surface area contributed by atoms with E-state index in [0.29, 0.717) is 0 Å². The minimum Gasteiger partial charge on any atom is -0.0652 e. The number of rotatable bonds is 7. The van der Waals surface area contributed by atoms with Crippen molar-refractivity contribution >= 4 is 23.2 Å². The average molecular weight is 258 g/mol. The molecule has 0 spiro atoms. The van der Waals surface area contributed by atoms with E-state index in [1.807, 2.05) is 0 Å². The molecule has 0 amide bonds. The van der Waals surface area contributed by atoms with Crippen LogP contribution in [0.1, 0.15) is 39.5 Å². The van der Waals surface area contributed by atoms with Crippen LogP contribution in [0.25, 0.3) is 0 Å². The van der Waals surface area contributed by atoms with Crippen LogP contribution in [-0.2, 0) is 0 Å². The van der Waals surface area contributed by atoms with Crippen molar-refractivity contribution < 1.29 is 0 Å². The number of benzene rings is 1. The summed E-state index contributed by atoms with van der Waals surface area (Å²) in [6, 6.07) is 10.7. The van der Waals surface area contributed by atoms with Crippen LogP contribution in [0.2, 0.25) is 0 Å². The molecule has 0 N–H and O–H groups in total. The minimum absolute atomic E-state index is 1.20. The molecular formula is C14H23ClP+. The molecule has 0 nitrogen and oxygen atoms in total. The lowest BCUT2D eigenvalue weighted by atomic mass is 10.4. The average Bonchev–Trinajstić information content (AvgIpc) is 2.35. The van der Waals surface area contributed by atoms with Crippen molar-refractivity contribution in [3.8, 4) is 0 Å². The van der Waals surface area contributed by atoms with Crippen LogP contribution in [0.4, 0.5) is 0 Å². The van der Waals surface area contributed by atoms with Gasteiger partial charge in [-0.05, 0) is 25.0 Å². The Morgan fingerprint density at radius 1 is 0.938 bits per heavy atom. The fourth-order valence-electron chi connectivity index (χ4n) is 1.88. The Hall–Kier alpha value is -0.0600. The van der Waals surface area contributed by atoms with Crippen molar-refractivity contribution in [2.75, 3.05) is 12.3 Å². The zero-order valence-corrected chi connectivity index (χ0v) is 12.1. The molecule has 0 radical (unpaired) electrons. The number of hydrogen-bond acceptors (Lipinski definition) is 0. The van der Waals surface area contributed by atoms with Gasteiger partial charge in [0.25, 0.3) is 0 Å². The van der Waals surface area contributed by atoms with E-state index < -0.39 is 6.62 Å². The Balaban J connectivity index is 2.77. The maximum absolute atomic E-state index is 6.93. The molecule has 16 heavy (non-hydrogen) atoms. The second-order valence-corrected chi connectivity index (χ2v) is 9.43. The standard InChI is InChI=1S/C14H23ClP/c1-3-5-12-16(15,13-6-4-2)14-10-8-7-9-11-14/h7-11H,3-6,12-13H2,1-2H3/q+1. The van der Waals surface area contributed by atoms with E-state index in [4.69, 9.17) is 11.2 Å². The highest BCUT2D eigenvalue weighted by Gasteiger charge is 2.37. The first-order chi connectivity index (χ1) is 7.73. The molecule has 0 heterocycles.